The van der Waals surface area contributed by atoms with Gasteiger partial charge in [-0.3, -0.25) is 0 Å². The number of aromatic amines is 1. The molecule has 0 fully saturated rings. The molecular weight excluding hydrogens is 188 g/mol. The van der Waals surface area contributed by atoms with Crippen molar-refractivity contribution in [1.82, 2.24) is 10.3 Å². The number of H-pyrrole nitrogens is 1. The van der Waals surface area contributed by atoms with Crippen molar-refractivity contribution in [2.75, 3.05) is 14.2 Å². The highest BCUT2D eigenvalue weighted by Crippen LogP contribution is 2.27. The molecule has 2 aromatic rings. The predicted molar refractivity (Wildman–Crippen MR) is 62.3 cm³/mol. The van der Waals surface area contributed by atoms with E-state index in [4.69, 9.17) is 4.74 Å². The molecule has 2 rings (SSSR count). The lowest BCUT2D eigenvalue weighted by molar-refractivity contribution is 0.419. The van der Waals surface area contributed by atoms with E-state index < -0.39 is 0 Å². The van der Waals surface area contributed by atoms with Gasteiger partial charge in [0.1, 0.15) is 5.75 Å². The van der Waals surface area contributed by atoms with Crippen molar-refractivity contribution >= 4 is 10.9 Å². The van der Waals surface area contributed by atoms with Gasteiger partial charge in [0, 0.05) is 17.1 Å². The molecule has 0 saturated carbocycles. The van der Waals surface area contributed by atoms with Crippen molar-refractivity contribution in [3.05, 3.63) is 30.0 Å². The molecule has 1 aromatic heterocycles. The lowest BCUT2D eigenvalue weighted by atomic mass is 10.2. The summed E-state index contributed by atoms with van der Waals surface area (Å²) in [4.78, 5) is 3.38. The quantitative estimate of drug-likeness (QED) is 0.805. The average molecular weight is 204 g/mol. The summed E-state index contributed by atoms with van der Waals surface area (Å²) in [6.45, 7) is 2.12. The van der Waals surface area contributed by atoms with Crippen molar-refractivity contribution in [2.24, 2.45) is 0 Å². The smallest absolute Gasteiger partial charge is 0.142 e. The SMILES string of the molecule is CNC(C)c1cc2cccc(OC)c2[nH]1. The molecule has 1 heterocycles. The molecule has 3 nitrogen and oxygen atoms in total. The monoisotopic (exact) mass is 204 g/mol. The van der Waals surface area contributed by atoms with Crippen LogP contribution >= 0.6 is 0 Å². The number of fused-ring (bicyclic) bond motifs is 1. The Morgan fingerprint density at radius 2 is 2.20 bits per heavy atom. The Labute approximate surface area is 89.4 Å². The zero-order valence-corrected chi connectivity index (χ0v) is 9.29. The molecule has 0 saturated heterocycles. The van der Waals surface area contributed by atoms with E-state index in [1.54, 1.807) is 7.11 Å². The molecule has 0 radical (unpaired) electrons. The lowest BCUT2D eigenvalue weighted by Gasteiger charge is -2.06. The minimum atomic E-state index is 0.321. The van der Waals surface area contributed by atoms with Crippen molar-refractivity contribution in [1.29, 1.82) is 0 Å². The Balaban J connectivity index is 2.55. The number of ether oxygens (including phenoxy) is 1. The molecule has 1 aromatic carbocycles. The van der Waals surface area contributed by atoms with Gasteiger partial charge in [0.15, 0.2) is 0 Å². The Morgan fingerprint density at radius 1 is 1.40 bits per heavy atom. The number of nitrogens with one attached hydrogen (secondary N) is 2. The lowest BCUT2D eigenvalue weighted by Crippen LogP contribution is -2.12. The summed E-state index contributed by atoms with van der Waals surface area (Å²) in [6.07, 6.45) is 0. The maximum absolute atomic E-state index is 5.30. The fraction of sp³-hybridized carbons (Fsp3) is 0.333. The highest BCUT2D eigenvalue weighted by Gasteiger charge is 2.09. The molecule has 0 bridgehead atoms. The van der Waals surface area contributed by atoms with E-state index >= 15 is 0 Å². The molecule has 0 aliphatic heterocycles. The van der Waals surface area contributed by atoms with Crippen LogP contribution in [0.4, 0.5) is 0 Å². The van der Waals surface area contributed by atoms with E-state index in [-0.39, 0.29) is 0 Å². The van der Waals surface area contributed by atoms with Gasteiger partial charge >= 0.3 is 0 Å². The van der Waals surface area contributed by atoms with Crippen LogP contribution in [0.5, 0.6) is 5.75 Å². The second kappa shape index (κ2) is 3.95. The van der Waals surface area contributed by atoms with Crippen LogP contribution in [0.2, 0.25) is 0 Å². The Kier molecular flexibility index (Phi) is 2.64. The van der Waals surface area contributed by atoms with E-state index in [1.165, 1.54) is 11.1 Å². The normalized spacial score (nSPS) is 13.0. The minimum absolute atomic E-state index is 0.321. The van der Waals surface area contributed by atoms with Gasteiger partial charge in [-0.05, 0) is 26.1 Å². The molecule has 15 heavy (non-hydrogen) atoms. The number of aromatic nitrogens is 1. The summed E-state index contributed by atoms with van der Waals surface area (Å²) in [6, 6.07) is 8.52. The Morgan fingerprint density at radius 3 is 2.87 bits per heavy atom. The fourth-order valence-electron chi connectivity index (χ4n) is 1.71. The molecule has 1 atom stereocenters. The summed E-state index contributed by atoms with van der Waals surface area (Å²) >= 11 is 0. The topological polar surface area (TPSA) is 37.0 Å². The zero-order valence-electron chi connectivity index (χ0n) is 9.29. The number of benzene rings is 1. The van der Waals surface area contributed by atoms with Crippen molar-refractivity contribution in [2.45, 2.75) is 13.0 Å². The van der Waals surface area contributed by atoms with Gasteiger partial charge in [0.25, 0.3) is 0 Å². The molecule has 2 N–H and O–H groups in total. The molecule has 3 heteroatoms. The van der Waals surface area contributed by atoms with Crippen LogP contribution in [-0.2, 0) is 0 Å². The first kappa shape index (κ1) is 10.1. The third-order valence-corrected chi connectivity index (χ3v) is 2.76. The van der Waals surface area contributed by atoms with Gasteiger partial charge in [0.2, 0.25) is 0 Å². The second-order valence-corrected chi connectivity index (χ2v) is 3.66. The largest absolute Gasteiger partial charge is 0.495 e. The van der Waals surface area contributed by atoms with E-state index in [1.807, 2.05) is 19.2 Å². The highest BCUT2D eigenvalue weighted by atomic mass is 16.5. The number of rotatable bonds is 3. The second-order valence-electron chi connectivity index (χ2n) is 3.66. The van der Waals surface area contributed by atoms with Gasteiger partial charge in [-0.15, -0.1) is 0 Å². The molecular formula is C12H16N2O. The summed E-state index contributed by atoms with van der Waals surface area (Å²) in [5.74, 6) is 0.891. The Hall–Kier alpha value is -1.48. The minimum Gasteiger partial charge on any atom is -0.495 e. The summed E-state index contributed by atoms with van der Waals surface area (Å²) < 4.78 is 5.30. The third kappa shape index (κ3) is 1.70. The fourth-order valence-corrected chi connectivity index (χ4v) is 1.71. The van der Waals surface area contributed by atoms with Crippen LogP contribution in [-0.4, -0.2) is 19.1 Å². The van der Waals surface area contributed by atoms with Crippen LogP contribution < -0.4 is 10.1 Å². The first-order chi connectivity index (χ1) is 7.26. The van der Waals surface area contributed by atoms with Crippen molar-refractivity contribution in [3.8, 4) is 5.75 Å². The first-order valence-corrected chi connectivity index (χ1v) is 5.09. The van der Waals surface area contributed by atoms with Crippen LogP contribution in [0.3, 0.4) is 0 Å². The number of hydrogen-bond donors (Lipinski definition) is 2. The molecule has 0 spiro atoms. The zero-order chi connectivity index (χ0) is 10.8. The van der Waals surface area contributed by atoms with E-state index in [2.05, 4.69) is 29.4 Å². The van der Waals surface area contributed by atoms with Crippen LogP contribution in [0, 0.1) is 0 Å². The van der Waals surface area contributed by atoms with E-state index in [0.29, 0.717) is 6.04 Å². The Bertz CT molecular complexity index is 462. The molecule has 0 aliphatic rings. The number of para-hydroxylation sites is 1. The van der Waals surface area contributed by atoms with Gasteiger partial charge in [0.05, 0.1) is 12.6 Å². The average Bonchev–Trinajstić information content (AvgIpc) is 2.71. The van der Waals surface area contributed by atoms with Crippen molar-refractivity contribution < 1.29 is 4.74 Å². The van der Waals surface area contributed by atoms with Crippen molar-refractivity contribution in [3.63, 3.8) is 0 Å². The number of methoxy groups -OCH3 is 1. The summed E-state index contributed by atoms with van der Waals surface area (Å²) in [5, 5.41) is 4.39. The van der Waals surface area contributed by atoms with E-state index in [9.17, 15) is 0 Å². The van der Waals surface area contributed by atoms with Crippen LogP contribution in [0.15, 0.2) is 24.3 Å². The summed E-state index contributed by atoms with van der Waals surface area (Å²) in [7, 11) is 3.64. The maximum atomic E-state index is 5.30. The van der Waals surface area contributed by atoms with Crippen LogP contribution in [0.1, 0.15) is 18.7 Å². The summed E-state index contributed by atoms with van der Waals surface area (Å²) in [5.41, 5.74) is 2.24. The van der Waals surface area contributed by atoms with Gasteiger partial charge in [-0.25, -0.2) is 0 Å². The van der Waals surface area contributed by atoms with Gasteiger partial charge in [-0.2, -0.15) is 0 Å². The van der Waals surface area contributed by atoms with E-state index in [0.717, 1.165) is 11.3 Å². The molecule has 80 valence electrons. The third-order valence-electron chi connectivity index (χ3n) is 2.76. The van der Waals surface area contributed by atoms with Crippen LogP contribution in [0.25, 0.3) is 10.9 Å². The molecule has 0 aliphatic carbocycles. The molecule has 0 amide bonds. The highest BCUT2D eigenvalue weighted by molar-refractivity contribution is 5.86. The standard InChI is InChI=1S/C12H16N2O/c1-8(13-2)10-7-9-5-4-6-11(15-3)12(9)14-10/h4-8,13-14H,1-3H3. The van der Waals surface area contributed by atoms with Gasteiger partial charge < -0.3 is 15.0 Å². The maximum Gasteiger partial charge on any atom is 0.142 e. The predicted octanol–water partition coefficient (Wildman–Crippen LogP) is 2.46. The number of hydrogen-bond acceptors (Lipinski definition) is 2. The van der Waals surface area contributed by atoms with Gasteiger partial charge in [-0.1, -0.05) is 12.1 Å². The molecule has 1 unspecified atom stereocenters. The first-order valence-electron chi connectivity index (χ1n) is 5.09.